The fourth-order valence-corrected chi connectivity index (χ4v) is 2.30. The van der Waals surface area contributed by atoms with Crippen LogP contribution in [-0.2, 0) is 4.74 Å². The number of hydrogen-bond acceptors (Lipinski definition) is 4. The lowest BCUT2D eigenvalue weighted by molar-refractivity contribution is 0.0486. The van der Waals surface area contributed by atoms with Crippen LogP contribution in [0.2, 0.25) is 0 Å². The monoisotopic (exact) mass is 344 g/mol. The average Bonchev–Trinajstić information content (AvgIpc) is 2.36. The fourth-order valence-electron chi connectivity index (χ4n) is 1.61. The first-order valence-electron chi connectivity index (χ1n) is 6.53. The second-order valence-electron chi connectivity index (χ2n) is 4.90. The van der Waals surface area contributed by atoms with Gasteiger partial charge in [0.1, 0.15) is 0 Å². The van der Waals surface area contributed by atoms with Crippen molar-refractivity contribution in [2.45, 2.75) is 44.9 Å². The van der Waals surface area contributed by atoms with Gasteiger partial charge in [-0.15, -0.1) is 0 Å². The largest absolute Gasteiger partial charge is 0.493 e. The van der Waals surface area contributed by atoms with Crippen molar-refractivity contribution in [1.29, 1.82) is 0 Å². The number of Topliss-reactive ketones (excluding diaryl/α,β-unsaturated/α-hetero) is 1. The Morgan fingerprint density at radius 3 is 2.25 bits per heavy atom. The summed E-state index contributed by atoms with van der Waals surface area (Å²) in [5.41, 5.74) is 0.518. The fraction of sp³-hybridized carbons (Fsp3) is 0.533. The number of alkyl halides is 1. The molecule has 0 fully saturated rings. The molecule has 0 aliphatic rings. The molecule has 1 unspecified atom stereocenters. The molecule has 0 saturated heterocycles. The van der Waals surface area contributed by atoms with E-state index in [1.807, 2.05) is 27.7 Å². The summed E-state index contributed by atoms with van der Waals surface area (Å²) >= 11 is 3.25. The molecule has 0 heterocycles. The maximum absolute atomic E-state index is 12.2. The van der Waals surface area contributed by atoms with Gasteiger partial charge in [0.2, 0.25) is 5.78 Å². The molecule has 0 bridgehead atoms. The minimum absolute atomic E-state index is 0.000864. The van der Waals surface area contributed by atoms with Gasteiger partial charge in [0, 0.05) is 5.56 Å². The third-order valence-electron chi connectivity index (χ3n) is 2.41. The predicted molar refractivity (Wildman–Crippen MR) is 82.0 cm³/mol. The van der Waals surface area contributed by atoms with Crippen LogP contribution < -0.4 is 9.47 Å². The van der Waals surface area contributed by atoms with E-state index < -0.39 is 5.01 Å². The molecule has 1 aromatic carbocycles. The minimum atomic E-state index is -0.664. The van der Waals surface area contributed by atoms with Crippen molar-refractivity contribution >= 4 is 21.7 Å². The molecular weight excluding hydrogens is 324 g/mol. The van der Waals surface area contributed by atoms with Gasteiger partial charge in [-0.3, -0.25) is 4.79 Å². The molecule has 0 aliphatic heterocycles. The number of ether oxygens (including phenoxy) is 3. The Morgan fingerprint density at radius 2 is 1.75 bits per heavy atom. The normalized spacial score (nSPS) is 12.6. The number of carbonyl (C=O) groups excluding carboxylic acids is 1. The Hall–Kier alpha value is -1.07. The van der Waals surface area contributed by atoms with Crippen LogP contribution >= 0.6 is 15.9 Å². The van der Waals surface area contributed by atoms with E-state index in [0.29, 0.717) is 17.1 Å². The van der Waals surface area contributed by atoms with Crippen LogP contribution in [-0.4, -0.2) is 30.1 Å². The zero-order chi connectivity index (χ0) is 15.3. The first kappa shape index (κ1) is 17.0. The summed E-state index contributed by atoms with van der Waals surface area (Å²) in [5, 5.41) is -0.664. The standard InChI is InChI=1S/C15H21BrO4/c1-9(2)19-13-8-11(6-7-12(13)18-5)14(17)15(16)20-10(3)4/h6-10,15H,1-5H3. The molecule has 20 heavy (non-hydrogen) atoms. The molecule has 0 radical (unpaired) electrons. The van der Waals surface area contributed by atoms with Gasteiger partial charge in [-0.05, 0) is 61.8 Å². The van der Waals surface area contributed by atoms with E-state index in [4.69, 9.17) is 14.2 Å². The van der Waals surface area contributed by atoms with E-state index in [2.05, 4.69) is 15.9 Å². The smallest absolute Gasteiger partial charge is 0.202 e. The van der Waals surface area contributed by atoms with Crippen LogP contribution in [0, 0.1) is 0 Å². The molecule has 0 aromatic heterocycles. The van der Waals surface area contributed by atoms with Crippen LogP contribution in [0.1, 0.15) is 38.1 Å². The van der Waals surface area contributed by atoms with Crippen LogP contribution in [0.4, 0.5) is 0 Å². The first-order chi connectivity index (χ1) is 9.35. The van der Waals surface area contributed by atoms with Crippen molar-refractivity contribution in [2.75, 3.05) is 7.11 Å². The molecule has 1 rings (SSSR count). The molecule has 112 valence electrons. The van der Waals surface area contributed by atoms with Crippen molar-refractivity contribution in [3.63, 3.8) is 0 Å². The highest BCUT2D eigenvalue weighted by atomic mass is 79.9. The lowest BCUT2D eigenvalue weighted by atomic mass is 10.1. The van der Waals surface area contributed by atoms with Gasteiger partial charge in [-0.2, -0.15) is 0 Å². The number of benzene rings is 1. The highest BCUT2D eigenvalue weighted by Crippen LogP contribution is 2.30. The average molecular weight is 345 g/mol. The highest BCUT2D eigenvalue weighted by molar-refractivity contribution is 9.09. The Balaban J connectivity index is 2.98. The highest BCUT2D eigenvalue weighted by Gasteiger charge is 2.20. The third-order valence-corrected chi connectivity index (χ3v) is 3.04. The van der Waals surface area contributed by atoms with Gasteiger partial charge in [-0.1, -0.05) is 0 Å². The molecule has 4 nitrogen and oxygen atoms in total. The second kappa shape index (κ2) is 7.64. The molecule has 0 amide bonds. The van der Waals surface area contributed by atoms with E-state index in [0.717, 1.165) is 0 Å². The maximum Gasteiger partial charge on any atom is 0.202 e. The van der Waals surface area contributed by atoms with Gasteiger partial charge in [0.05, 0.1) is 19.3 Å². The third kappa shape index (κ3) is 4.80. The van der Waals surface area contributed by atoms with E-state index in [-0.39, 0.29) is 18.0 Å². The molecule has 5 heteroatoms. The van der Waals surface area contributed by atoms with E-state index in [1.54, 1.807) is 25.3 Å². The lowest BCUT2D eigenvalue weighted by Gasteiger charge is -2.16. The summed E-state index contributed by atoms with van der Waals surface area (Å²) in [6, 6.07) is 5.10. The summed E-state index contributed by atoms with van der Waals surface area (Å²) in [6.07, 6.45) is -0.0334. The van der Waals surface area contributed by atoms with Crippen molar-refractivity contribution in [3.8, 4) is 11.5 Å². The lowest BCUT2D eigenvalue weighted by Crippen LogP contribution is -2.21. The Morgan fingerprint density at radius 1 is 1.10 bits per heavy atom. The predicted octanol–water partition coefficient (Wildman–Crippen LogP) is 3.81. The molecule has 0 aliphatic carbocycles. The minimum Gasteiger partial charge on any atom is -0.493 e. The number of halogens is 1. The van der Waals surface area contributed by atoms with Gasteiger partial charge < -0.3 is 14.2 Å². The van der Waals surface area contributed by atoms with Crippen LogP contribution in [0.25, 0.3) is 0 Å². The molecule has 0 saturated carbocycles. The number of methoxy groups -OCH3 is 1. The summed E-state index contributed by atoms with van der Waals surface area (Å²) in [6.45, 7) is 7.60. The number of hydrogen-bond donors (Lipinski definition) is 0. The summed E-state index contributed by atoms with van der Waals surface area (Å²) in [5.74, 6) is 1.01. The Bertz CT molecular complexity index is 457. The Labute approximate surface area is 128 Å². The first-order valence-corrected chi connectivity index (χ1v) is 7.45. The molecule has 0 N–H and O–H groups in total. The van der Waals surface area contributed by atoms with Gasteiger partial charge >= 0.3 is 0 Å². The number of ketones is 1. The topological polar surface area (TPSA) is 44.8 Å². The second-order valence-corrected chi connectivity index (χ2v) is 5.73. The Kier molecular flexibility index (Phi) is 6.49. The zero-order valence-corrected chi connectivity index (χ0v) is 14.1. The molecule has 1 atom stereocenters. The SMILES string of the molecule is COc1ccc(C(=O)C(Br)OC(C)C)cc1OC(C)C. The molecule has 1 aromatic rings. The van der Waals surface area contributed by atoms with Crippen molar-refractivity contribution < 1.29 is 19.0 Å². The maximum atomic E-state index is 12.2. The number of rotatable bonds is 7. The summed E-state index contributed by atoms with van der Waals surface area (Å²) in [4.78, 5) is 12.2. The zero-order valence-electron chi connectivity index (χ0n) is 12.5. The van der Waals surface area contributed by atoms with E-state index in [1.165, 1.54) is 0 Å². The number of carbonyl (C=O) groups is 1. The quantitative estimate of drug-likeness (QED) is 0.557. The summed E-state index contributed by atoms with van der Waals surface area (Å²) in [7, 11) is 1.57. The van der Waals surface area contributed by atoms with Crippen molar-refractivity contribution in [1.82, 2.24) is 0 Å². The van der Waals surface area contributed by atoms with Gasteiger partial charge in [0.15, 0.2) is 16.5 Å². The molecular formula is C15H21BrO4. The van der Waals surface area contributed by atoms with E-state index in [9.17, 15) is 4.79 Å². The van der Waals surface area contributed by atoms with Crippen molar-refractivity contribution in [3.05, 3.63) is 23.8 Å². The van der Waals surface area contributed by atoms with Crippen molar-refractivity contribution in [2.24, 2.45) is 0 Å². The summed E-state index contributed by atoms with van der Waals surface area (Å²) < 4.78 is 16.3. The molecule has 0 spiro atoms. The van der Waals surface area contributed by atoms with E-state index >= 15 is 0 Å². The van der Waals surface area contributed by atoms with Crippen LogP contribution in [0.15, 0.2) is 18.2 Å². The van der Waals surface area contributed by atoms with Crippen LogP contribution in [0.3, 0.4) is 0 Å². The van der Waals surface area contributed by atoms with Gasteiger partial charge in [0.25, 0.3) is 0 Å². The van der Waals surface area contributed by atoms with Gasteiger partial charge in [-0.25, -0.2) is 0 Å². The van der Waals surface area contributed by atoms with Crippen LogP contribution in [0.5, 0.6) is 11.5 Å².